The van der Waals surface area contributed by atoms with Crippen LogP contribution in [0.3, 0.4) is 0 Å². The lowest BCUT2D eigenvalue weighted by Crippen LogP contribution is -2.02. The molecule has 20 heavy (non-hydrogen) atoms. The van der Waals surface area contributed by atoms with E-state index in [2.05, 4.69) is 20.9 Å². The third kappa shape index (κ3) is 2.20. The van der Waals surface area contributed by atoms with Crippen molar-refractivity contribution in [2.75, 3.05) is 5.73 Å². The smallest absolute Gasteiger partial charge is 0.205 e. The number of nitrogens with two attached hydrogens (primary N) is 1. The number of anilines is 1. The molecular formula is C14H10BrFIN3. The van der Waals surface area contributed by atoms with Gasteiger partial charge in [0.25, 0.3) is 0 Å². The van der Waals surface area contributed by atoms with E-state index in [0.717, 1.165) is 15.7 Å². The van der Waals surface area contributed by atoms with E-state index in [4.69, 9.17) is 5.73 Å². The van der Waals surface area contributed by atoms with Crippen molar-refractivity contribution in [3.63, 3.8) is 0 Å². The lowest BCUT2D eigenvalue weighted by atomic mass is 10.2. The Hall–Kier alpha value is -1.15. The van der Waals surface area contributed by atoms with Gasteiger partial charge in [-0.2, -0.15) is 0 Å². The largest absolute Gasteiger partial charge is 0.369 e. The molecule has 0 fully saturated rings. The van der Waals surface area contributed by atoms with Crippen molar-refractivity contribution in [2.24, 2.45) is 0 Å². The van der Waals surface area contributed by atoms with Crippen molar-refractivity contribution in [2.45, 2.75) is 6.92 Å². The van der Waals surface area contributed by atoms with Crippen molar-refractivity contribution < 1.29 is 4.39 Å². The molecule has 0 amide bonds. The van der Waals surface area contributed by atoms with Crippen LogP contribution in [0.4, 0.5) is 10.3 Å². The average Bonchev–Trinajstić information content (AvgIpc) is 2.69. The zero-order valence-corrected chi connectivity index (χ0v) is 14.2. The first kappa shape index (κ1) is 13.8. The van der Waals surface area contributed by atoms with E-state index in [1.54, 1.807) is 10.6 Å². The van der Waals surface area contributed by atoms with E-state index in [-0.39, 0.29) is 5.82 Å². The number of fused-ring (bicyclic) bond motifs is 1. The van der Waals surface area contributed by atoms with E-state index < -0.39 is 0 Å². The molecular weight excluding hydrogens is 436 g/mol. The number of aryl methyl sites for hydroxylation is 1. The summed E-state index contributed by atoms with van der Waals surface area (Å²) >= 11 is 5.39. The molecule has 0 saturated carbocycles. The minimum atomic E-state index is -0.271. The number of nitrogens with zero attached hydrogens (tertiary/aromatic N) is 2. The molecule has 3 rings (SSSR count). The Morgan fingerprint density at radius 2 is 2.05 bits per heavy atom. The first-order valence-corrected chi connectivity index (χ1v) is 7.74. The molecule has 3 aromatic rings. The van der Waals surface area contributed by atoms with Crippen molar-refractivity contribution in [1.82, 2.24) is 9.55 Å². The number of benzene rings is 2. The summed E-state index contributed by atoms with van der Waals surface area (Å²) < 4.78 is 17.1. The summed E-state index contributed by atoms with van der Waals surface area (Å²) in [6, 6.07) is 9.06. The molecule has 0 saturated heterocycles. The summed E-state index contributed by atoms with van der Waals surface area (Å²) in [5.41, 5.74) is 9.30. The second kappa shape index (κ2) is 5.00. The van der Waals surface area contributed by atoms with E-state index in [9.17, 15) is 4.39 Å². The van der Waals surface area contributed by atoms with Crippen LogP contribution < -0.4 is 5.73 Å². The van der Waals surface area contributed by atoms with E-state index in [1.807, 2.05) is 47.7 Å². The lowest BCUT2D eigenvalue weighted by Gasteiger charge is -2.10. The van der Waals surface area contributed by atoms with Gasteiger partial charge in [-0.05, 0) is 53.3 Å². The standard InChI is InChI=1S/C14H10BrFIN3/c1-7-2-3-8(15)4-12(7)20-13-5-9(16)10(17)6-11(13)19-14(20)18/h2-6H,1H3,(H2,18,19). The number of halogens is 3. The molecule has 6 heteroatoms. The molecule has 0 radical (unpaired) electrons. The Labute approximate surface area is 137 Å². The molecule has 3 nitrogen and oxygen atoms in total. The van der Waals surface area contributed by atoms with Crippen LogP contribution in [0, 0.1) is 16.3 Å². The zero-order chi connectivity index (χ0) is 14.4. The zero-order valence-electron chi connectivity index (χ0n) is 10.5. The number of nitrogen functional groups attached to an aromatic ring is 1. The maximum Gasteiger partial charge on any atom is 0.205 e. The van der Waals surface area contributed by atoms with Gasteiger partial charge in [0.2, 0.25) is 5.95 Å². The molecule has 0 aliphatic heterocycles. The lowest BCUT2D eigenvalue weighted by molar-refractivity contribution is 0.622. The van der Waals surface area contributed by atoms with Gasteiger partial charge in [0.05, 0.1) is 20.3 Å². The molecule has 0 aliphatic rings. The molecule has 2 N–H and O–H groups in total. The fourth-order valence-electron chi connectivity index (χ4n) is 2.17. The number of rotatable bonds is 1. The van der Waals surface area contributed by atoms with Gasteiger partial charge in [-0.3, -0.25) is 4.57 Å². The Balaban J connectivity index is 2.38. The molecule has 0 aliphatic carbocycles. The minimum Gasteiger partial charge on any atom is -0.369 e. The SMILES string of the molecule is Cc1ccc(Br)cc1-n1c(N)nc2cc(I)c(F)cc21. The first-order valence-electron chi connectivity index (χ1n) is 5.87. The molecule has 102 valence electrons. The summed E-state index contributed by atoms with van der Waals surface area (Å²) in [5, 5.41) is 0. The number of hydrogen-bond acceptors (Lipinski definition) is 2. The summed E-state index contributed by atoms with van der Waals surface area (Å²) in [4.78, 5) is 4.32. The second-order valence-corrected chi connectivity index (χ2v) is 6.57. The van der Waals surface area contributed by atoms with Gasteiger partial charge >= 0.3 is 0 Å². The minimum absolute atomic E-state index is 0.271. The Morgan fingerprint density at radius 1 is 1.30 bits per heavy atom. The predicted octanol–water partition coefficient (Wildman–Crippen LogP) is 4.42. The number of aromatic nitrogens is 2. The molecule has 1 aromatic heterocycles. The maximum atomic E-state index is 13.8. The van der Waals surface area contributed by atoms with Crippen LogP contribution in [-0.2, 0) is 0 Å². The fraction of sp³-hybridized carbons (Fsp3) is 0.0714. The van der Waals surface area contributed by atoms with E-state index in [0.29, 0.717) is 20.6 Å². The fourth-order valence-corrected chi connectivity index (χ4v) is 2.97. The van der Waals surface area contributed by atoms with Gasteiger partial charge in [0.15, 0.2) is 0 Å². The molecule has 0 unspecified atom stereocenters. The van der Waals surface area contributed by atoms with Crippen molar-refractivity contribution in [3.8, 4) is 5.69 Å². The van der Waals surface area contributed by atoms with E-state index >= 15 is 0 Å². The van der Waals surface area contributed by atoms with Gasteiger partial charge in [0.1, 0.15) is 5.82 Å². The highest BCUT2D eigenvalue weighted by molar-refractivity contribution is 14.1. The molecule has 2 aromatic carbocycles. The quantitative estimate of drug-likeness (QED) is 0.563. The summed E-state index contributed by atoms with van der Waals surface area (Å²) in [6.45, 7) is 1.98. The van der Waals surface area contributed by atoms with Gasteiger partial charge in [-0.1, -0.05) is 22.0 Å². The summed E-state index contributed by atoms with van der Waals surface area (Å²) in [5.74, 6) is 0.0782. The highest BCUT2D eigenvalue weighted by atomic mass is 127. The van der Waals surface area contributed by atoms with Crippen LogP contribution in [0.1, 0.15) is 5.56 Å². The van der Waals surface area contributed by atoms with Crippen LogP contribution >= 0.6 is 38.5 Å². The van der Waals surface area contributed by atoms with Crippen LogP contribution in [0.25, 0.3) is 16.7 Å². The molecule has 0 atom stereocenters. The highest BCUT2D eigenvalue weighted by Crippen LogP contribution is 2.29. The normalized spacial score (nSPS) is 11.2. The second-order valence-electron chi connectivity index (χ2n) is 4.49. The van der Waals surface area contributed by atoms with Crippen molar-refractivity contribution in [1.29, 1.82) is 0 Å². The third-order valence-electron chi connectivity index (χ3n) is 3.13. The Morgan fingerprint density at radius 3 is 2.80 bits per heavy atom. The Bertz CT molecular complexity index is 829. The van der Waals surface area contributed by atoms with Crippen LogP contribution in [0.2, 0.25) is 0 Å². The average molecular weight is 446 g/mol. The van der Waals surface area contributed by atoms with Crippen molar-refractivity contribution >= 4 is 55.5 Å². The monoisotopic (exact) mass is 445 g/mol. The third-order valence-corrected chi connectivity index (χ3v) is 4.45. The number of imidazole rings is 1. The maximum absolute atomic E-state index is 13.8. The molecule has 1 heterocycles. The van der Waals surface area contributed by atoms with Crippen LogP contribution in [-0.4, -0.2) is 9.55 Å². The number of hydrogen-bond donors (Lipinski definition) is 1. The predicted molar refractivity (Wildman–Crippen MR) is 90.6 cm³/mol. The van der Waals surface area contributed by atoms with Gasteiger partial charge < -0.3 is 5.73 Å². The van der Waals surface area contributed by atoms with Gasteiger partial charge in [0, 0.05) is 10.5 Å². The Kier molecular flexibility index (Phi) is 3.45. The van der Waals surface area contributed by atoms with Gasteiger partial charge in [-0.15, -0.1) is 0 Å². The van der Waals surface area contributed by atoms with Crippen molar-refractivity contribution in [3.05, 3.63) is 49.8 Å². The first-order chi connectivity index (χ1) is 9.47. The van der Waals surface area contributed by atoms with Gasteiger partial charge in [-0.25, -0.2) is 9.37 Å². The topological polar surface area (TPSA) is 43.8 Å². The summed E-state index contributed by atoms with van der Waals surface area (Å²) in [6.07, 6.45) is 0. The molecule has 0 spiro atoms. The summed E-state index contributed by atoms with van der Waals surface area (Å²) in [7, 11) is 0. The van der Waals surface area contributed by atoms with Crippen LogP contribution in [0.5, 0.6) is 0 Å². The highest BCUT2D eigenvalue weighted by Gasteiger charge is 2.14. The van der Waals surface area contributed by atoms with Crippen LogP contribution in [0.15, 0.2) is 34.8 Å². The molecule has 0 bridgehead atoms. The van der Waals surface area contributed by atoms with E-state index in [1.165, 1.54) is 6.07 Å².